The molecule has 1 unspecified atom stereocenters. The second kappa shape index (κ2) is 13.3. The summed E-state index contributed by atoms with van der Waals surface area (Å²) in [5.74, 6) is -1.80. The highest BCUT2D eigenvalue weighted by molar-refractivity contribution is 6.12. The standard InChI is InChI=1S/C26H38O6/c1-18(22-20(3)24(28)32-26(22)30)16-14-12-10-8-6-4-5-7-9-11-13-15-17-21-19(2)23(27)31-25(21)29/h18H,4-17H2,1-3H3. The van der Waals surface area contributed by atoms with Crippen molar-refractivity contribution in [1.29, 1.82) is 0 Å². The van der Waals surface area contributed by atoms with Gasteiger partial charge in [0.15, 0.2) is 0 Å². The molecule has 0 aromatic heterocycles. The van der Waals surface area contributed by atoms with E-state index in [1.165, 1.54) is 51.4 Å². The van der Waals surface area contributed by atoms with E-state index in [4.69, 9.17) is 0 Å². The second-order valence-corrected chi connectivity index (χ2v) is 9.18. The Hall–Kier alpha value is -2.24. The number of carbonyl (C=O) groups excluding carboxylic acids is 4. The molecule has 6 heteroatoms. The Kier molecular flexibility index (Phi) is 10.8. The second-order valence-electron chi connectivity index (χ2n) is 9.18. The quantitative estimate of drug-likeness (QED) is 0.167. The Morgan fingerprint density at radius 2 is 1.00 bits per heavy atom. The van der Waals surface area contributed by atoms with Crippen molar-refractivity contribution in [1.82, 2.24) is 0 Å². The zero-order valence-corrected chi connectivity index (χ0v) is 19.9. The van der Waals surface area contributed by atoms with Crippen LogP contribution < -0.4 is 0 Å². The average molecular weight is 447 g/mol. The van der Waals surface area contributed by atoms with Gasteiger partial charge >= 0.3 is 23.9 Å². The molecule has 2 aliphatic rings. The summed E-state index contributed by atoms with van der Waals surface area (Å²) in [4.78, 5) is 46.0. The lowest BCUT2D eigenvalue weighted by Crippen LogP contribution is -2.08. The zero-order chi connectivity index (χ0) is 23.5. The van der Waals surface area contributed by atoms with Crippen LogP contribution in [0.5, 0.6) is 0 Å². The molecule has 0 aromatic carbocycles. The smallest absolute Gasteiger partial charge is 0.342 e. The molecule has 1 atom stereocenters. The Labute approximate surface area is 191 Å². The summed E-state index contributed by atoms with van der Waals surface area (Å²) in [5, 5.41) is 0. The van der Waals surface area contributed by atoms with Crippen LogP contribution >= 0.6 is 0 Å². The van der Waals surface area contributed by atoms with Crippen molar-refractivity contribution in [3.63, 3.8) is 0 Å². The van der Waals surface area contributed by atoms with Crippen LogP contribution in [-0.4, -0.2) is 23.9 Å². The highest BCUT2D eigenvalue weighted by atomic mass is 16.6. The molecular weight excluding hydrogens is 408 g/mol. The minimum atomic E-state index is -0.488. The molecule has 2 aliphatic heterocycles. The van der Waals surface area contributed by atoms with Gasteiger partial charge in [-0.3, -0.25) is 0 Å². The van der Waals surface area contributed by atoms with Crippen LogP contribution in [0, 0.1) is 5.92 Å². The summed E-state index contributed by atoms with van der Waals surface area (Å²) >= 11 is 0. The summed E-state index contributed by atoms with van der Waals surface area (Å²) in [5.41, 5.74) is 2.09. The van der Waals surface area contributed by atoms with Crippen molar-refractivity contribution >= 4 is 23.9 Å². The number of cyclic esters (lactones) is 4. The first kappa shape index (κ1) is 26.0. The van der Waals surface area contributed by atoms with Crippen LogP contribution in [0.1, 0.15) is 111 Å². The fraction of sp³-hybridized carbons (Fsp3) is 0.692. The Morgan fingerprint density at radius 1 is 0.562 bits per heavy atom. The van der Waals surface area contributed by atoms with E-state index in [0.29, 0.717) is 28.7 Å². The predicted molar refractivity (Wildman–Crippen MR) is 121 cm³/mol. The van der Waals surface area contributed by atoms with Gasteiger partial charge in [0.2, 0.25) is 0 Å². The van der Waals surface area contributed by atoms with Crippen molar-refractivity contribution in [2.24, 2.45) is 5.92 Å². The number of rotatable bonds is 16. The third kappa shape index (κ3) is 7.72. The molecular formula is C26H38O6. The molecule has 0 spiro atoms. The SMILES string of the molecule is CC1=C(CCCCCCCCCCCCCCC(C)C2=C(C)C(=O)OC2=O)C(=O)OC1=O. The molecule has 0 amide bonds. The molecule has 0 aliphatic carbocycles. The molecule has 0 N–H and O–H groups in total. The summed E-state index contributed by atoms with van der Waals surface area (Å²) in [6.07, 6.45) is 15.7. The molecule has 0 saturated heterocycles. The molecule has 178 valence electrons. The minimum Gasteiger partial charge on any atom is -0.386 e. The normalized spacial score (nSPS) is 17.5. The predicted octanol–water partition coefficient (Wildman–Crippen LogP) is 5.88. The van der Waals surface area contributed by atoms with Crippen LogP contribution in [0.4, 0.5) is 0 Å². The molecule has 0 saturated carbocycles. The van der Waals surface area contributed by atoms with Gasteiger partial charge in [0, 0.05) is 16.7 Å². The van der Waals surface area contributed by atoms with Gasteiger partial charge in [-0.25, -0.2) is 19.2 Å². The number of ether oxygens (including phenoxy) is 2. The highest BCUT2D eigenvalue weighted by Gasteiger charge is 2.32. The summed E-state index contributed by atoms with van der Waals surface area (Å²) in [6.45, 7) is 5.34. The molecule has 2 heterocycles. The Morgan fingerprint density at radius 3 is 1.44 bits per heavy atom. The maximum absolute atomic E-state index is 11.7. The lowest BCUT2D eigenvalue weighted by Gasteiger charge is -2.10. The minimum absolute atomic E-state index is 0.0872. The van der Waals surface area contributed by atoms with Gasteiger partial charge in [-0.15, -0.1) is 0 Å². The molecule has 2 rings (SSSR count). The molecule has 0 radical (unpaired) electrons. The fourth-order valence-electron chi connectivity index (χ4n) is 4.50. The number of hydrogen-bond acceptors (Lipinski definition) is 6. The van der Waals surface area contributed by atoms with E-state index in [9.17, 15) is 19.2 Å². The van der Waals surface area contributed by atoms with Crippen molar-refractivity contribution < 1.29 is 28.7 Å². The van der Waals surface area contributed by atoms with E-state index in [2.05, 4.69) is 9.47 Å². The van der Waals surface area contributed by atoms with E-state index in [0.717, 1.165) is 32.1 Å². The van der Waals surface area contributed by atoms with E-state index in [1.807, 2.05) is 6.92 Å². The molecule has 6 nitrogen and oxygen atoms in total. The van der Waals surface area contributed by atoms with Crippen LogP contribution in [0.15, 0.2) is 22.3 Å². The van der Waals surface area contributed by atoms with Gasteiger partial charge < -0.3 is 9.47 Å². The van der Waals surface area contributed by atoms with Gasteiger partial charge in [0.1, 0.15) is 0 Å². The molecule has 0 fully saturated rings. The average Bonchev–Trinajstić information content (AvgIpc) is 3.14. The molecule has 0 bridgehead atoms. The maximum atomic E-state index is 11.7. The third-order valence-corrected chi connectivity index (χ3v) is 6.61. The third-order valence-electron chi connectivity index (χ3n) is 6.61. The zero-order valence-electron chi connectivity index (χ0n) is 19.9. The fourth-order valence-corrected chi connectivity index (χ4v) is 4.50. The Bertz CT molecular complexity index is 773. The van der Waals surface area contributed by atoms with Crippen LogP contribution in [0.2, 0.25) is 0 Å². The lowest BCUT2D eigenvalue weighted by molar-refractivity contribution is -0.153. The topological polar surface area (TPSA) is 86.7 Å². The maximum Gasteiger partial charge on any atom is 0.342 e. The van der Waals surface area contributed by atoms with E-state index >= 15 is 0 Å². The van der Waals surface area contributed by atoms with E-state index < -0.39 is 23.9 Å². The largest absolute Gasteiger partial charge is 0.386 e. The van der Waals surface area contributed by atoms with Gasteiger partial charge in [-0.2, -0.15) is 0 Å². The summed E-state index contributed by atoms with van der Waals surface area (Å²) in [7, 11) is 0. The van der Waals surface area contributed by atoms with Crippen LogP contribution in [-0.2, 0) is 28.7 Å². The van der Waals surface area contributed by atoms with Crippen LogP contribution in [0.25, 0.3) is 0 Å². The van der Waals surface area contributed by atoms with E-state index in [1.54, 1.807) is 13.8 Å². The molecule has 32 heavy (non-hydrogen) atoms. The number of esters is 4. The first-order chi connectivity index (χ1) is 15.3. The van der Waals surface area contributed by atoms with Gasteiger partial charge in [0.25, 0.3) is 0 Å². The molecule has 0 aromatic rings. The number of carbonyl (C=O) groups is 4. The van der Waals surface area contributed by atoms with Crippen molar-refractivity contribution in [2.75, 3.05) is 0 Å². The van der Waals surface area contributed by atoms with Gasteiger partial charge in [-0.1, -0.05) is 77.6 Å². The van der Waals surface area contributed by atoms with E-state index in [-0.39, 0.29) is 5.92 Å². The lowest BCUT2D eigenvalue weighted by atomic mass is 9.92. The highest BCUT2D eigenvalue weighted by Crippen LogP contribution is 2.28. The Balaban J connectivity index is 1.38. The summed E-state index contributed by atoms with van der Waals surface area (Å²) in [6, 6.07) is 0. The van der Waals surface area contributed by atoms with Gasteiger partial charge in [-0.05, 0) is 39.0 Å². The summed E-state index contributed by atoms with van der Waals surface area (Å²) < 4.78 is 9.29. The first-order valence-electron chi connectivity index (χ1n) is 12.3. The first-order valence-corrected chi connectivity index (χ1v) is 12.3. The number of unbranched alkanes of at least 4 members (excludes halogenated alkanes) is 11. The monoisotopic (exact) mass is 446 g/mol. The number of hydrogen-bond donors (Lipinski definition) is 0. The van der Waals surface area contributed by atoms with Crippen molar-refractivity contribution in [2.45, 2.75) is 111 Å². The van der Waals surface area contributed by atoms with Gasteiger partial charge in [0.05, 0.1) is 5.57 Å². The van der Waals surface area contributed by atoms with Crippen molar-refractivity contribution in [3.8, 4) is 0 Å². The van der Waals surface area contributed by atoms with Crippen molar-refractivity contribution in [3.05, 3.63) is 22.3 Å². The van der Waals surface area contributed by atoms with Crippen LogP contribution in [0.3, 0.4) is 0 Å².